The van der Waals surface area contributed by atoms with Gasteiger partial charge in [-0.05, 0) is 32.5 Å². The Kier molecular flexibility index (Phi) is 5.16. The first-order valence-electron chi connectivity index (χ1n) is 4.06. The molecule has 0 aromatic heterocycles. The molecule has 0 aromatic rings. The lowest BCUT2D eigenvalue weighted by Gasteiger charge is -2.10. The Morgan fingerprint density at radius 2 is 1.91 bits per heavy atom. The second kappa shape index (κ2) is 5.33. The minimum Gasteiger partial charge on any atom is -0.432 e. The van der Waals surface area contributed by atoms with E-state index in [1.165, 1.54) is 0 Å². The predicted molar refractivity (Wildman–Crippen MR) is 53.1 cm³/mol. The van der Waals surface area contributed by atoms with Crippen LogP contribution >= 0.6 is 0 Å². The first kappa shape index (κ1) is 10.7. The predicted octanol–water partition coefficient (Wildman–Crippen LogP) is 2.71. The molecule has 0 aromatic carbocycles. The molecule has 0 heterocycles. The smallest absolute Gasteiger partial charge is 0.182 e. The number of rotatable bonds is 4. The van der Waals surface area contributed by atoms with Crippen LogP contribution in [0.3, 0.4) is 0 Å². The second-order valence-corrected chi connectivity index (χ2v) is 7.43. The van der Waals surface area contributed by atoms with Gasteiger partial charge in [0.25, 0.3) is 0 Å². The summed E-state index contributed by atoms with van der Waals surface area (Å²) in [5, 5.41) is 0. The molecule has 0 spiro atoms. The van der Waals surface area contributed by atoms with Crippen molar-refractivity contribution in [1.29, 1.82) is 0 Å². The highest BCUT2D eigenvalue weighted by atomic mass is 28.4. The summed E-state index contributed by atoms with van der Waals surface area (Å²) in [6, 6.07) is 0.959. The van der Waals surface area contributed by atoms with Gasteiger partial charge in [0, 0.05) is 0 Å². The van der Waals surface area contributed by atoms with E-state index in [0.29, 0.717) is 0 Å². The van der Waals surface area contributed by atoms with Gasteiger partial charge in [0.15, 0.2) is 8.32 Å². The molecule has 0 saturated carbocycles. The van der Waals surface area contributed by atoms with Gasteiger partial charge >= 0.3 is 0 Å². The zero-order valence-electron chi connectivity index (χ0n) is 7.67. The maximum atomic E-state index is 9.46. The molecule has 0 amide bonds. The van der Waals surface area contributed by atoms with Gasteiger partial charge in [-0.2, -0.15) is 0 Å². The van der Waals surface area contributed by atoms with Crippen molar-refractivity contribution >= 4 is 8.32 Å². The molecular formula is C9H18OSi. The molecule has 0 fully saturated rings. The first-order chi connectivity index (χ1) is 5.06. The maximum absolute atomic E-state index is 9.46. The Bertz CT molecular complexity index is 142. The van der Waals surface area contributed by atoms with E-state index < -0.39 is 8.32 Å². The van der Waals surface area contributed by atoms with Gasteiger partial charge in [-0.15, -0.1) is 0 Å². The minimum absolute atomic E-state index is 0.959. The molecule has 0 unspecified atom stereocenters. The van der Waals surface area contributed by atoms with Crippen LogP contribution in [0.4, 0.5) is 0 Å². The molecule has 0 aliphatic rings. The van der Waals surface area contributed by atoms with E-state index in [9.17, 15) is 4.80 Å². The molecule has 2 heteroatoms. The molecule has 64 valence electrons. The Morgan fingerprint density at radius 3 is 2.36 bits per heavy atom. The highest BCUT2D eigenvalue weighted by Gasteiger charge is 2.14. The quantitative estimate of drug-likeness (QED) is 0.508. The Balaban J connectivity index is 3.42. The summed E-state index contributed by atoms with van der Waals surface area (Å²) >= 11 is 0. The molecule has 0 saturated heterocycles. The molecular weight excluding hydrogens is 152 g/mol. The van der Waals surface area contributed by atoms with Gasteiger partial charge in [0.1, 0.15) is 0 Å². The summed E-state index contributed by atoms with van der Waals surface area (Å²) in [5.74, 6) is 0. The molecule has 0 aliphatic carbocycles. The molecule has 0 aliphatic heterocycles. The maximum Gasteiger partial charge on any atom is 0.182 e. The molecule has 0 radical (unpaired) electrons. The van der Waals surface area contributed by atoms with Crippen LogP contribution in [0, 0.1) is 0 Å². The standard InChI is InChI=1S/C9H18OSi/c1-4-5-6-7-8-9-11(2,3)10/h4-7,10H,8-9H2,1-3H3/b5-4+,7-6-. The molecule has 0 rings (SSSR count). The van der Waals surface area contributed by atoms with Gasteiger partial charge in [0.05, 0.1) is 0 Å². The van der Waals surface area contributed by atoms with Crippen molar-refractivity contribution < 1.29 is 4.80 Å². The first-order valence-corrected chi connectivity index (χ1v) is 7.22. The Labute approximate surface area is 70.6 Å². The fraction of sp³-hybridized carbons (Fsp3) is 0.556. The van der Waals surface area contributed by atoms with E-state index >= 15 is 0 Å². The number of hydrogen-bond donors (Lipinski definition) is 1. The van der Waals surface area contributed by atoms with Crippen LogP contribution in [0.1, 0.15) is 13.3 Å². The summed E-state index contributed by atoms with van der Waals surface area (Å²) in [4.78, 5) is 9.46. The van der Waals surface area contributed by atoms with Crippen LogP contribution in [0.5, 0.6) is 0 Å². The van der Waals surface area contributed by atoms with Crippen LogP contribution in [0.15, 0.2) is 24.3 Å². The highest BCUT2D eigenvalue weighted by molar-refractivity contribution is 6.69. The van der Waals surface area contributed by atoms with Crippen molar-refractivity contribution in [2.45, 2.75) is 32.5 Å². The Hall–Kier alpha value is -0.343. The van der Waals surface area contributed by atoms with Crippen LogP contribution in [0.2, 0.25) is 19.1 Å². The van der Waals surface area contributed by atoms with E-state index in [2.05, 4.69) is 6.08 Å². The monoisotopic (exact) mass is 170 g/mol. The summed E-state index contributed by atoms with van der Waals surface area (Å²) in [6.45, 7) is 5.93. The van der Waals surface area contributed by atoms with Crippen molar-refractivity contribution in [2.24, 2.45) is 0 Å². The van der Waals surface area contributed by atoms with E-state index in [1.807, 2.05) is 38.2 Å². The van der Waals surface area contributed by atoms with E-state index in [1.54, 1.807) is 0 Å². The summed E-state index contributed by atoms with van der Waals surface area (Å²) < 4.78 is 0. The molecule has 1 N–H and O–H groups in total. The van der Waals surface area contributed by atoms with Crippen LogP contribution in [-0.2, 0) is 0 Å². The average Bonchev–Trinajstić information content (AvgIpc) is 1.85. The normalized spacial score (nSPS) is 13.5. The van der Waals surface area contributed by atoms with Crippen molar-refractivity contribution in [3.8, 4) is 0 Å². The Morgan fingerprint density at radius 1 is 1.27 bits per heavy atom. The van der Waals surface area contributed by atoms with Crippen molar-refractivity contribution in [1.82, 2.24) is 0 Å². The minimum atomic E-state index is -1.79. The summed E-state index contributed by atoms with van der Waals surface area (Å²) in [5.41, 5.74) is 0. The largest absolute Gasteiger partial charge is 0.432 e. The fourth-order valence-corrected chi connectivity index (χ4v) is 1.60. The number of allylic oxidation sites excluding steroid dienone is 4. The lowest BCUT2D eigenvalue weighted by molar-refractivity contribution is 0.548. The third-order valence-corrected chi connectivity index (χ3v) is 2.87. The van der Waals surface area contributed by atoms with Crippen molar-refractivity contribution in [2.75, 3.05) is 0 Å². The highest BCUT2D eigenvalue weighted by Crippen LogP contribution is 2.07. The van der Waals surface area contributed by atoms with Crippen LogP contribution < -0.4 is 0 Å². The summed E-state index contributed by atoms with van der Waals surface area (Å²) in [7, 11) is -1.79. The lowest BCUT2D eigenvalue weighted by atomic mass is 10.4. The zero-order chi connectivity index (χ0) is 8.74. The molecule has 0 bridgehead atoms. The zero-order valence-corrected chi connectivity index (χ0v) is 8.67. The molecule has 11 heavy (non-hydrogen) atoms. The third kappa shape index (κ3) is 9.66. The van der Waals surface area contributed by atoms with Crippen molar-refractivity contribution in [3.05, 3.63) is 24.3 Å². The summed E-state index contributed by atoms with van der Waals surface area (Å²) in [6.07, 6.45) is 9.13. The van der Waals surface area contributed by atoms with Crippen LogP contribution in [0.25, 0.3) is 0 Å². The average molecular weight is 170 g/mol. The topological polar surface area (TPSA) is 20.2 Å². The van der Waals surface area contributed by atoms with Gasteiger partial charge < -0.3 is 4.80 Å². The van der Waals surface area contributed by atoms with Crippen molar-refractivity contribution in [3.63, 3.8) is 0 Å². The molecule has 1 nitrogen and oxygen atoms in total. The van der Waals surface area contributed by atoms with Gasteiger partial charge in [0.2, 0.25) is 0 Å². The van der Waals surface area contributed by atoms with E-state index in [-0.39, 0.29) is 0 Å². The fourth-order valence-electron chi connectivity index (χ4n) is 0.722. The van der Waals surface area contributed by atoms with Crippen LogP contribution in [-0.4, -0.2) is 13.1 Å². The van der Waals surface area contributed by atoms with Gasteiger partial charge in [-0.3, -0.25) is 0 Å². The van der Waals surface area contributed by atoms with E-state index in [4.69, 9.17) is 0 Å². The lowest BCUT2D eigenvalue weighted by Crippen LogP contribution is -2.23. The third-order valence-electron chi connectivity index (χ3n) is 1.36. The van der Waals surface area contributed by atoms with E-state index in [0.717, 1.165) is 12.5 Å². The number of hydrogen-bond acceptors (Lipinski definition) is 1. The SMILES string of the molecule is C/C=C/C=C\CC[Si](C)(C)O. The van der Waals surface area contributed by atoms with Gasteiger partial charge in [-0.1, -0.05) is 24.3 Å². The second-order valence-electron chi connectivity index (χ2n) is 3.31. The van der Waals surface area contributed by atoms with Gasteiger partial charge in [-0.25, -0.2) is 0 Å². The molecule has 0 atom stereocenters.